The summed E-state index contributed by atoms with van der Waals surface area (Å²) in [6.07, 6.45) is -5.40. The number of hydrogen-bond acceptors (Lipinski definition) is 8. The molecule has 1 N–H and O–H groups in total. The maximum atomic E-state index is 15.9. The largest absolute Gasteiger partial charge is 0.444 e. The Morgan fingerprint density at radius 2 is 1.60 bits per heavy atom. The number of nitrogens with zero attached hydrogens (tertiary/aromatic N) is 5. The van der Waals surface area contributed by atoms with E-state index in [-0.39, 0.29) is 65.1 Å². The summed E-state index contributed by atoms with van der Waals surface area (Å²) in [6.45, 7) is 16.9. The molecule has 1 aliphatic rings. The van der Waals surface area contributed by atoms with Crippen LogP contribution in [-0.4, -0.2) is 72.6 Å². The van der Waals surface area contributed by atoms with Gasteiger partial charge in [0, 0.05) is 31.7 Å². The quantitative estimate of drug-likeness (QED) is 0.182. The van der Waals surface area contributed by atoms with E-state index in [0.717, 1.165) is 6.07 Å². The van der Waals surface area contributed by atoms with Crippen molar-refractivity contribution in [1.82, 2.24) is 19.9 Å². The number of nitrogens with one attached hydrogen (secondary N) is 1. The third-order valence-corrected chi connectivity index (χ3v) is 13.5. The second-order valence-corrected chi connectivity index (χ2v) is 19.9. The summed E-state index contributed by atoms with van der Waals surface area (Å²) in [5.41, 5.74) is -3.31. The summed E-state index contributed by atoms with van der Waals surface area (Å²) in [4.78, 5) is 27.9. The van der Waals surface area contributed by atoms with E-state index in [1.54, 1.807) is 20.8 Å². The van der Waals surface area contributed by atoms with E-state index < -0.39 is 61.8 Å². The summed E-state index contributed by atoms with van der Waals surface area (Å²) in [5.74, 6) is -4.62. The molecular weight excluding hydrogens is 682 g/mol. The summed E-state index contributed by atoms with van der Waals surface area (Å²) >= 11 is 0. The number of carbonyl (C=O) groups excluding carboxylic acids is 1. The highest BCUT2D eigenvalue weighted by Crippen LogP contribution is 2.41. The lowest BCUT2D eigenvalue weighted by molar-refractivity contribution is -0.140. The number of ether oxygens (including phenoxy) is 1. The topological polar surface area (TPSA) is 92.7 Å². The third kappa shape index (κ3) is 8.79. The summed E-state index contributed by atoms with van der Waals surface area (Å²) in [5, 5.41) is 2.79. The fourth-order valence-electron chi connectivity index (χ4n) is 5.18. The zero-order chi connectivity index (χ0) is 37.6. The SMILES string of the molecule is Cc1nc(N[C@H](C)c2cccc(C(F)(F)CO[Si](C)(C)C(C)(C)C)c2F)c2cc(N3CCN(C(=O)OC(C)(C)C)CC3)c(C(F)(F)F)nc2n1. The van der Waals surface area contributed by atoms with Crippen molar-refractivity contribution in [1.29, 1.82) is 0 Å². The average Bonchev–Trinajstić information content (AvgIpc) is 2.97. The molecular formula is C34H46F6N6O3Si. The van der Waals surface area contributed by atoms with Gasteiger partial charge in [0.05, 0.1) is 22.7 Å². The number of aryl methyl sites for hydroxylation is 1. The van der Waals surface area contributed by atoms with E-state index in [0.29, 0.717) is 0 Å². The number of aromatic nitrogens is 3. The molecule has 1 aromatic carbocycles. The fraction of sp³-hybridized carbons (Fsp3) is 0.588. The maximum Gasteiger partial charge on any atom is 0.435 e. The van der Waals surface area contributed by atoms with Crippen LogP contribution < -0.4 is 10.2 Å². The van der Waals surface area contributed by atoms with Crippen molar-refractivity contribution in [2.24, 2.45) is 0 Å². The summed E-state index contributed by atoms with van der Waals surface area (Å²) < 4.78 is 101. The van der Waals surface area contributed by atoms with E-state index in [1.807, 2.05) is 33.9 Å². The van der Waals surface area contributed by atoms with E-state index >= 15 is 13.2 Å². The molecule has 0 spiro atoms. The third-order valence-electron chi connectivity index (χ3n) is 8.98. The number of rotatable bonds is 8. The molecule has 9 nitrogen and oxygen atoms in total. The van der Waals surface area contributed by atoms with Crippen LogP contribution in [0.15, 0.2) is 24.3 Å². The predicted octanol–water partition coefficient (Wildman–Crippen LogP) is 8.83. The van der Waals surface area contributed by atoms with Crippen LogP contribution in [-0.2, 0) is 21.3 Å². The monoisotopic (exact) mass is 728 g/mol. The van der Waals surface area contributed by atoms with Crippen LogP contribution in [0.25, 0.3) is 11.0 Å². The lowest BCUT2D eigenvalue weighted by Crippen LogP contribution is -2.50. The van der Waals surface area contributed by atoms with Crippen molar-refractivity contribution < 1.29 is 40.3 Å². The van der Waals surface area contributed by atoms with Crippen LogP contribution in [0.1, 0.15) is 77.2 Å². The Morgan fingerprint density at radius 3 is 2.16 bits per heavy atom. The number of fused-ring (bicyclic) bond motifs is 1. The van der Waals surface area contributed by atoms with Gasteiger partial charge in [0.2, 0.25) is 0 Å². The number of anilines is 2. The van der Waals surface area contributed by atoms with Crippen molar-refractivity contribution in [3.8, 4) is 0 Å². The molecule has 3 aromatic rings. The Bertz CT molecular complexity index is 1720. The highest BCUT2D eigenvalue weighted by atomic mass is 28.4. The van der Waals surface area contributed by atoms with Crippen molar-refractivity contribution in [3.05, 3.63) is 52.7 Å². The van der Waals surface area contributed by atoms with E-state index in [1.165, 1.54) is 41.8 Å². The first kappa shape index (κ1) is 39.1. The van der Waals surface area contributed by atoms with Crippen LogP contribution in [0.3, 0.4) is 0 Å². The number of pyridine rings is 1. The minimum atomic E-state index is -4.84. The lowest BCUT2D eigenvalue weighted by Gasteiger charge is -2.37. The lowest BCUT2D eigenvalue weighted by atomic mass is 10.00. The summed E-state index contributed by atoms with van der Waals surface area (Å²) in [6, 6.07) is 4.01. The van der Waals surface area contributed by atoms with Crippen LogP contribution in [0.5, 0.6) is 0 Å². The number of carbonyl (C=O) groups is 1. The van der Waals surface area contributed by atoms with Gasteiger partial charge < -0.3 is 24.3 Å². The van der Waals surface area contributed by atoms with Crippen molar-refractivity contribution in [3.63, 3.8) is 0 Å². The Labute approximate surface area is 289 Å². The molecule has 1 amide bonds. The van der Waals surface area contributed by atoms with Gasteiger partial charge in [0.25, 0.3) is 5.92 Å². The summed E-state index contributed by atoms with van der Waals surface area (Å²) in [7, 11) is -2.57. The van der Waals surface area contributed by atoms with Gasteiger partial charge in [-0.1, -0.05) is 32.9 Å². The number of piperazine rings is 1. The Morgan fingerprint density at radius 1 is 0.980 bits per heavy atom. The van der Waals surface area contributed by atoms with Crippen LogP contribution in [0, 0.1) is 12.7 Å². The van der Waals surface area contributed by atoms with Crippen molar-refractivity contribution in [2.75, 3.05) is 43.0 Å². The molecule has 276 valence electrons. The molecule has 4 rings (SSSR count). The Kier molecular flexibility index (Phi) is 10.8. The molecule has 3 heterocycles. The molecule has 1 saturated heterocycles. The minimum Gasteiger partial charge on any atom is -0.444 e. The number of amides is 1. The second-order valence-electron chi connectivity index (χ2n) is 15.1. The molecule has 16 heteroatoms. The maximum absolute atomic E-state index is 15.9. The molecule has 0 bridgehead atoms. The van der Waals surface area contributed by atoms with E-state index in [2.05, 4.69) is 20.3 Å². The molecule has 1 aliphatic heterocycles. The van der Waals surface area contributed by atoms with Crippen LogP contribution in [0.2, 0.25) is 18.1 Å². The van der Waals surface area contributed by atoms with Crippen LogP contribution in [0.4, 0.5) is 42.6 Å². The molecule has 1 atom stereocenters. The minimum absolute atomic E-state index is 0.0488. The molecule has 0 aliphatic carbocycles. The van der Waals surface area contributed by atoms with Gasteiger partial charge in [-0.3, -0.25) is 0 Å². The van der Waals surface area contributed by atoms with E-state index in [4.69, 9.17) is 9.16 Å². The van der Waals surface area contributed by atoms with Gasteiger partial charge in [-0.2, -0.15) is 22.0 Å². The standard InChI is InChI=1S/C34H46F6N6O3Si/c1-20(22-12-11-13-24(26(22)35)33(36,37)19-48-50(9,10)32(6,7)8)41-28-23-18-25(27(34(38,39)40)44-29(23)43-21(2)42-28)45-14-16-46(17-15-45)30(47)49-31(3,4)5/h11-13,18,20H,14-17,19H2,1-10H3,(H,41,42,43,44)/t20-/m1/s1. The first-order valence-electron chi connectivity index (χ1n) is 16.4. The second kappa shape index (κ2) is 13.8. The van der Waals surface area contributed by atoms with Gasteiger partial charge >= 0.3 is 12.3 Å². The molecule has 2 aromatic heterocycles. The predicted molar refractivity (Wildman–Crippen MR) is 183 cm³/mol. The first-order valence-corrected chi connectivity index (χ1v) is 19.3. The van der Waals surface area contributed by atoms with Crippen LogP contribution >= 0.6 is 0 Å². The highest BCUT2D eigenvalue weighted by Gasteiger charge is 2.43. The number of halogens is 6. The van der Waals surface area contributed by atoms with Gasteiger partial charge in [-0.25, -0.2) is 24.1 Å². The van der Waals surface area contributed by atoms with Crippen molar-refractivity contribution in [2.45, 2.75) is 97.3 Å². The number of benzene rings is 1. The Hall–Kier alpha value is -3.66. The van der Waals surface area contributed by atoms with E-state index in [9.17, 15) is 18.0 Å². The zero-order valence-corrected chi connectivity index (χ0v) is 31.2. The smallest absolute Gasteiger partial charge is 0.435 e. The molecule has 0 radical (unpaired) electrons. The average molecular weight is 729 g/mol. The van der Waals surface area contributed by atoms with Gasteiger partial charge in [0.1, 0.15) is 29.7 Å². The molecule has 0 saturated carbocycles. The molecule has 50 heavy (non-hydrogen) atoms. The van der Waals surface area contributed by atoms with Crippen molar-refractivity contribution >= 4 is 36.9 Å². The highest BCUT2D eigenvalue weighted by molar-refractivity contribution is 6.74. The van der Waals surface area contributed by atoms with Gasteiger partial charge in [0.15, 0.2) is 19.7 Å². The number of alkyl halides is 5. The first-order chi connectivity index (χ1) is 22.8. The van der Waals surface area contributed by atoms with Gasteiger partial charge in [-0.05, 0) is 64.9 Å². The molecule has 0 unspecified atom stereocenters. The molecule has 1 fully saturated rings. The Balaban J connectivity index is 1.66. The normalized spacial score (nSPS) is 15.8. The zero-order valence-electron chi connectivity index (χ0n) is 30.2. The fourth-order valence-corrected chi connectivity index (χ4v) is 6.16. The van der Waals surface area contributed by atoms with Gasteiger partial charge in [-0.15, -0.1) is 0 Å². The number of hydrogen-bond donors (Lipinski definition) is 1.